The Labute approximate surface area is 274 Å². The minimum absolute atomic E-state index is 0.0452. The highest BCUT2D eigenvalue weighted by molar-refractivity contribution is 9.09. The van der Waals surface area contributed by atoms with Gasteiger partial charge in [-0.2, -0.15) is 0 Å². The summed E-state index contributed by atoms with van der Waals surface area (Å²) in [6.07, 6.45) is 2.89. The lowest BCUT2D eigenvalue weighted by molar-refractivity contribution is -0.161. The first kappa shape index (κ1) is 34.8. The summed E-state index contributed by atoms with van der Waals surface area (Å²) in [5.74, 6) is -3.70. The number of amides is 3. The summed E-state index contributed by atoms with van der Waals surface area (Å²) in [6, 6.07) is 7.20. The number of nitrogens with one attached hydrogen (secondary N) is 1. The third-order valence-corrected chi connectivity index (χ3v) is 10.1. The number of fused-ring (bicyclic) bond motifs is 1. The molecule has 2 N–H and O–H groups in total. The monoisotopic (exact) mass is 687 g/mol. The number of carbonyl (C=O) groups excluding carboxylic acids is 4. The number of esters is 1. The van der Waals surface area contributed by atoms with Crippen molar-refractivity contribution in [2.24, 2.45) is 17.8 Å². The Balaban J connectivity index is 1.71. The Hall–Kier alpha value is -3.02. The molecule has 0 aliphatic carbocycles. The molecule has 4 rings (SSSR count). The Morgan fingerprint density at radius 1 is 1.20 bits per heavy atom. The summed E-state index contributed by atoms with van der Waals surface area (Å²) in [7, 11) is 0. The highest BCUT2D eigenvalue weighted by Gasteiger charge is 2.77. The Kier molecular flexibility index (Phi) is 11.3. The van der Waals surface area contributed by atoms with Crippen LogP contribution >= 0.6 is 15.9 Å². The van der Waals surface area contributed by atoms with E-state index in [0.717, 1.165) is 0 Å². The van der Waals surface area contributed by atoms with E-state index in [4.69, 9.17) is 9.47 Å². The number of rotatable bonds is 15. The van der Waals surface area contributed by atoms with Crippen LogP contribution in [0.5, 0.6) is 0 Å². The summed E-state index contributed by atoms with van der Waals surface area (Å²) in [5, 5.41) is 13.3. The van der Waals surface area contributed by atoms with Crippen molar-refractivity contribution < 1.29 is 33.8 Å². The van der Waals surface area contributed by atoms with E-state index < -0.39 is 53.6 Å². The van der Waals surface area contributed by atoms with Crippen LogP contribution in [-0.2, 0) is 28.7 Å². The molecule has 3 aliphatic rings. The maximum atomic E-state index is 14.5. The van der Waals surface area contributed by atoms with E-state index in [1.54, 1.807) is 17.1 Å². The van der Waals surface area contributed by atoms with Gasteiger partial charge in [-0.25, -0.2) is 0 Å². The van der Waals surface area contributed by atoms with Crippen molar-refractivity contribution in [2.45, 2.75) is 87.7 Å². The zero-order chi connectivity index (χ0) is 33.1. The number of nitrogens with zero attached hydrogens (tertiary/aromatic N) is 2. The van der Waals surface area contributed by atoms with E-state index in [0.29, 0.717) is 18.4 Å². The summed E-state index contributed by atoms with van der Waals surface area (Å²) in [5.41, 5.74) is -0.609. The predicted molar refractivity (Wildman–Crippen MR) is 173 cm³/mol. The van der Waals surface area contributed by atoms with Gasteiger partial charge in [0.25, 0.3) is 0 Å². The Morgan fingerprint density at radius 3 is 2.47 bits per heavy atom. The van der Waals surface area contributed by atoms with E-state index in [-0.39, 0.29) is 54.7 Å². The number of halogens is 1. The van der Waals surface area contributed by atoms with Crippen LogP contribution in [0.15, 0.2) is 55.6 Å². The third-order valence-electron chi connectivity index (χ3n) is 9.27. The summed E-state index contributed by atoms with van der Waals surface area (Å²) >= 11 is 3.70. The van der Waals surface area contributed by atoms with Crippen LogP contribution < -0.4 is 5.32 Å². The van der Waals surface area contributed by atoms with Crippen molar-refractivity contribution in [2.75, 3.05) is 19.7 Å². The Morgan fingerprint density at radius 2 is 1.89 bits per heavy atom. The van der Waals surface area contributed by atoms with Crippen LogP contribution in [0.2, 0.25) is 0 Å². The molecule has 45 heavy (non-hydrogen) atoms. The van der Waals surface area contributed by atoms with Gasteiger partial charge in [0, 0.05) is 23.8 Å². The molecule has 0 aromatic heterocycles. The lowest BCUT2D eigenvalue weighted by Crippen LogP contribution is -2.60. The van der Waals surface area contributed by atoms with Crippen LogP contribution in [0.3, 0.4) is 0 Å². The quantitative estimate of drug-likeness (QED) is 0.164. The maximum Gasteiger partial charge on any atom is 0.313 e. The third kappa shape index (κ3) is 6.62. The van der Waals surface area contributed by atoms with Crippen LogP contribution in [0.4, 0.5) is 0 Å². The van der Waals surface area contributed by atoms with Gasteiger partial charge in [0.1, 0.15) is 17.7 Å². The van der Waals surface area contributed by atoms with Gasteiger partial charge in [-0.3, -0.25) is 19.2 Å². The van der Waals surface area contributed by atoms with Gasteiger partial charge in [0.2, 0.25) is 17.7 Å². The van der Waals surface area contributed by atoms with Crippen molar-refractivity contribution in [1.29, 1.82) is 0 Å². The normalized spacial score (nSPS) is 28.1. The van der Waals surface area contributed by atoms with Crippen molar-refractivity contribution >= 4 is 39.6 Å². The van der Waals surface area contributed by atoms with Gasteiger partial charge in [0.15, 0.2) is 0 Å². The van der Waals surface area contributed by atoms with Gasteiger partial charge < -0.3 is 29.7 Å². The smallest absolute Gasteiger partial charge is 0.313 e. The molecular weight excluding hydrogens is 642 g/mol. The summed E-state index contributed by atoms with van der Waals surface area (Å²) < 4.78 is 12.7. The van der Waals surface area contributed by atoms with Gasteiger partial charge in [0.05, 0.1) is 37.1 Å². The number of hydrogen-bond donors (Lipinski definition) is 2. The number of aliphatic hydroxyl groups excluding tert-OH is 1. The molecule has 3 amide bonds. The highest BCUT2D eigenvalue weighted by Crippen LogP contribution is 2.61. The lowest BCUT2D eigenvalue weighted by Gasteiger charge is -2.41. The molecular formula is C34H46BrN3O7. The molecule has 1 aromatic carbocycles. The standard InChI is InChI=1S/C34H46BrN3O7/c1-7-9-15-26(40)36-18-25(22-13-11-10-12-14-22)44-33(43)27-28-31(41)38(24(19-39)20(3)4)30(32(42)37(16-8-2)21(5)6)34(28)17-23(35)29(27)45-34/h7-8,10-14,20-21,23-25,27-30,39H,1-2,9,15-19H2,3-6H3,(H,36,40)/t23?,24-,25+,27+,28-,29+,30+,34-/m0/s1. The van der Waals surface area contributed by atoms with E-state index in [1.165, 1.54) is 4.90 Å². The molecule has 3 aliphatic heterocycles. The zero-order valence-corrected chi connectivity index (χ0v) is 28.1. The molecule has 11 heteroatoms. The van der Waals surface area contributed by atoms with Crippen LogP contribution in [0, 0.1) is 17.8 Å². The van der Waals surface area contributed by atoms with Crippen molar-refractivity contribution in [1.82, 2.24) is 15.1 Å². The number of ether oxygens (including phenoxy) is 2. The van der Waals surface area contributed by atoms with E-state index in [1.807, 2.05) is 58.0 Å². The number of hydrogen-bond acceptors (Lipinski definition) is 7. The van der Waals surface area contributed by atoms with Crippen molar-refractivity contribution in [3.05, 3.63) is 61.2 Å². The van der Waals surface area contributed by atoms with E-state index >= 15 is 0 Å². The van der Waals surface area contributed by atoms with Crippen LogP contribution in [0.1, 0.15) is 58.6 Å². The number of allylic oxidation sites excluding steroid dienone is 1. The highest BCUT2D eigenvalue weighted by atomic mass is 79.9. The fourth-order valence-electron chi connectivity index (χ4n) is 7.09. The fourth-order valence-corrected chi connectivity index (χ4v) is 8.03. The number of aliphatic hydroxyl groups is 1. The SMILES string of the molecule is C=CCCC(=O)NC[C@@H](OC(=O)[C@H]1[C@@H]2O[C@@]3(CC2Br)[C@@H]1C(=O)N([C@@H](CO)C(C)C)[C@@H]3C(=O)N(CC=C)C(C)C)c1ccccc1. The molecule has 3 fully saturated rings. The summed E-state index contributed by atoms with van der Waals surface area (Å²) in [6.45, 7) is 15.0. The number of alkyl halides is 1. The molecule has 1 aromatic rings. The maximum absolute atomic E-state index is 14.5. The average Bonchev–Trinajstić information content (AvgIpc) is 3.60. The molecule has 8 atom stereocenters. The van der Waals surface area contributed by atoms with Crippen LogP contribution in [-0.4, -0.2) is 93.0 Å². The van der Waals surface area contributed by atoms with E-state index in [2.05, 4.69) is 34.4 Å². The largest absolute Gasteiger partial charge is 0.455 e. The van der Waals surface area contributed by atoms with Crippen molar-refractivity contribution in [3.8, 4) is 0 Å². The van der Waals surface area contributed by atoms with Gasteiger partial charge in [-0.15, -0.1) is 13.2 Å². The second kappa shape index (κ2) is 14.6. The fraction of sp³-hybridized carbons (Fsp3) is 0.588. The van der Waals surface area contributed by atoms with E-state index in [9.17, 15) is 24.3 Å². The first-order valence-corrected chi connectivity index (χ1v) is 16.6. The molecule has 10 nitrogen and oxygen atoms in total. The minimum atomic E-state index is -1.30. The Bertz CT molecular complexity index is 1270. The molecule has 2 bridgehead atoms. The molecule has 0 saturated carbocycles. The summed E-state index contributed by atoms with van der Waals surface area (Å²) in [4.78, 5) is 58.3. The molecule has 3 saturated heterocycles. The molecule has 0 radical (unpaired) electrons. The second-order valence-corrected chi connectivity index (χ2v) is 13.9. The average molecular weight is 689 g/mol. The van der Waals surface area contributed by atoms with Crippen molar-refractivity contribution in [3.63, 3.8) is 0 Å². The second-order valence-electron chi connectivity index (χ2n) is 12.7. The lowest BCUT2D eigenvalue weighted by atomic mass is 9.70. The minimum Gasteiger partial charge on any atom is -0.455 e. The molecule has 3 heterocycles. The zero-order valence-electron chi connectivity index (χ0n) is 26.6. The molecule has 1 unspecified atom stereocenters. The number of benzene rings is 1. The predicted octanol–water partition coefficient (Wildman–Crippen LogP) is 3.54. The van der Waals surface area contributed by atoms with Gasteiger partial charge >= 0.3 is 5.97 Å². The molecule has 246 valence electrons. The number of likely N-dealkylation sites (tertiary alicyclic amines) is 1. The van der Waals surface area contributed by atoms with Crippen LogP contribution in [0.25, 0.3) is 0 Å². The van der Waals surface area contributed by atoms with Gasteiger partial charge in [-0.05, 0) is 38.2 Å². The first-order chi connectivity index (χ1) is 21.4. The molecule has 1 spiro atoms. The topological polar surface area (TPSA) is 125 Å². The van der Waals surface area contributed by atoms with Gasteiger partial charge in [-0.1, -0.05) is 72.3 Å². The first-order valence-electron chi connectivity index (χ1n) is 15.7. The number of carbonyl (C=O) groups is 4.